The average molecular weight is 518 g/mol. The van der Waals surface area contributed by atoms with Crippen molar-refractivity contribution in [2.45, 2.75) is 40.8 Å². The van der Waals surface area contributed by atoms with Crippen LogP contribution in [0.25, 0.3) is 0 Å². The Kier molecular flexibility index (Phi) is 11.4. The van der Waals surface area contributed by atoms with E-state index in [0.29, 0.717) is 26.3 Å². The summed E-state index contributed by atoms with van der Waals surface area (Å²) in [6.07, 6.45) is 0. The molecule has 8 heteroatoms. The van der Waals surface area contributed by atoms with E-state index in [9.17, 15) is 0 Å². The first-order chi connectivity index (χ1) is 13.0. The summed E-state index contributed by atoms with van der Waals surface area (Å²) in [6.45, 7) is 11.3. The maximum absolute atomic E-state index is 5.85. The zero-order valence-corrected chi connectivity index (χ0v) is 20.4. The van der Waals surface area contributed by atoms with Crippen molar-refractivity contribution in [1.82, 2.24) is 15.6 Å². The van der Waals surface area contributed by atoms with Gasteiger partial charge in [0.05, 0.1) is 25.4 Å². The smallest absolute Gasteiger partial charge is 0.191 e. The van der Waals surface area contributed by atoms with Gasteiger partial charge in [0.25, 0.3) is 0 Å². The van der Waals surface area contributed by atoms with Crippen LogP contribution in [0.5, 0.6) is 5.75 Å². The highest BCUT2D eigenvalue weighted by atomic mass is 127. The van der Waals surface area contributed by atoms with Gasteiger partial charge in [-0.05, 0) is 39.3 Å². The molecule has 0 aliphatic rings. The summed E-state index contributed by atoms with van der Waals surface area (Å²) >= 11 is 1.72. The number of thiazole rings is 1. The highest BCUT2D eigenvalue weighted by molar-refractivity contribution is 14.0. The first kappa shape index (κ1) is 24.6. The fourth-order valence-electron chi connectivity index (χ4n) is 2.44. The van der Waals surface area contributed by atoms with Crippen molar-refractivity contribution < 1.29 is 9.47 Å². The number of nitrogens with zero attached hydrogens (tertiary/aromatic N) is 2. The second kappa shape index (κ2) is 12.9. The SMILES string of the molecule is CCNC(=NCc1ccc(C)cc1OCCOC)NCc1nc(C)c(C)s1.I. The molecular weight excluding hydrogens is 487 g/mol. The highest BCUT2D eigenvalue weighted by Crippen LogP contribution is 2.21. The van der Waals surface area contributed by atoms with Gasteiger partial charge in [0.15, 0.2) is 5.96 Å². The summed E-state index contributed by atoms with van der Waals surface area (Å²) in [5, 5.41) is 7.70. The number of nitrogens with one attached hydrogen (secondary N) is 2. The lowest BCUT2D eigenvalue weighted by atomic mass is 10.1. The molecule has 0 saturated carbocycles. The Bertz CT molecular complexity index is 745. The number of aryl methyl sites for hydroxylation is 3. The number of halogens is 1. The van der Waals surface area contributed by atoms with Gasteiger partial charge in [-0.2, -0.15) is 0 Å². The van der Waals surface area contributed by atoms with Crippen molar-refractivity contribution in [2.75, 3.05) is 26.9 Å². The fourth-order valence-corrected chi connectivity index (χ4v) is 3.32. The lowest BCUT2D eigenvalue weighted by Gasteiger charge is -2.13. The molecule has 0 spiro atoms. The van der Waals surface area contributed by atoms with Gasteiger partial charge in [-0.3, -0.25) is 0 Å². The molecule has 0 atom stereocenters. The molecule has 1 aromatic carbocycles. The zero-order chi connectivity index (χ0) is 19.6. The van der Waals surface area contributed by atoms with E-state index in [2.05, 4.69) is 48.5 Å². The molecule has 0 fully saturated rings. The third kappa shape index (κ3) is 7.92. The van der Waals surface area contributed by atoms with Crippen molar-refractivity contribution in [1.29, 1.82) is 0 Å². The van der Waals surface area contributed by atoms with Crippen LogP contribution in [0.1, 0.15) is 33.6 Å². The monoisotopic (exact) mass is 518 g/mol. The lowest BCUT2D eigenvalue weighted by Crippen LogP contribution is -2.36. The summed E-state index contributed by atoms with van der Waals surface area (Å²) < 4.78 is 10.9. The number of ether oxygens (including phenoxy) is 2. The van der Waals surface area contributed by atoms with E-state index in [1.165, 1.54) is 4.88 Å². The van der Waals surface area contributed by atoms with Gasteiger partial charge < -0.3 is 20.1 Å². The third-order valence-electron chi connectivity index (χ3n) is 4.00. The first-order valence-electron chi connectivity index (χ1n) is 9.19. The molecule has 0 aliphatic carbocycles. The quantitative estimate of drug-likeness (QED) is 0.228. The molecule has 2 N–H and O–H groups in total. The van der Waals surface area contributed by atoms with Crippen LogP contribution in [0.4, 0.5) is 0 Å². The Morgan fingerprint density at radius 2 is 1.96 bits per heavy atom. The van der Waals surface area contributed by atoms with E-state index in [1.807, 2.05) is 13.0 Å². The average Bonchev–Trinajstić information content (AvgIpc) is 2.96. The van der Waals surface area contributed by atoms with Crippen LogP contribution in [0, 0.1) is 20.8 Å². The van der Waals surface area contributed by atoms with Crippen LogP contribution in [-0.4, -0.2) is 37.8 Å². The zero-order valence-electron chi connectivity index (χ0n) is 17.3. The van der Waals surface area contributed by atoms with Gasteiger partial charge in [0, 0.05) is 24.1 Å². The summed E-state index contributed by atoms with van der Waals surface area (Å²) in [6, 6.07) is 6.19. The Morgan fingerprint density at radius 1 is 1.18 bits per heavy atom. The van der Waals surface area contributed by atoms with Gasteiger partial charge in [0.1, 0.15) is 17.4 Å². The molecule has 1 heterocycles. The van der Waals surface area contributed by atoms with Crippen LogP contribution in [0.15, 0.2) is 23.2 Å². The van der Waals surface area contributed by atoms with Gasteiger partial charge in [-0.1, -0.05) is 12.1 Å². The topological polar surface area (TPSA) is 67.8 Å². The van der Waals surface area contributed by atoms with E-state index in [0.717, 1.165) is 40.1 Å². The number of guanidine groups is 1. The second-order valence-corrected chi connectivity index (χ2v) is 7.54. The van der Waals surface area contributed by atoms with E-state index in [4.69, 9.17) is 14.5 Å². The number of aromatic nitrogens is 1. The summed E-state index contributed by atoms with van der Waals surface area (Å²) in [5.74, 6) is 1.63. The number of hydrogen-bond acceptors (Lipinski definition) is 5. The van der Waals surface area contributed by atoms with Crippen molar-refractivity contribution in [2.24, 2.45) is 4.99 Å². The summed E-state index contributed by atoms with van der Waals surface area (Å²) in [7, 11) is 1.67. The van der Waals surface area contributed by atoms with Crippen LogP contribution >= 0.6 is 35.3 Å². The third-order valence-corrected chi connectivity index (χ3v) is 5.07. The van der Waals surface area contributed by atoms with Crippen LogP contribution in [-0.2, 0) is 17.8 Å². The number of rotatable bonds is 9. The van der Waals surface area contributed by atoms with Crippen LogP contribution < -0.4 is 15.4 Å². The minimum absolute atomic E-state index is 0. The van der Waals surface area contributed by atoms with Gasteiger partial charge in [-0.15, -0.1) is 35.3 Å². The van der Waals surface area contributed by atoms with Crippen LogP contribution in [0.3, 0.4) is 0 Å². The number of aliphatic imine (C=N–C) groups is 1. The molecule has 0 saturated heterocycles. The molecule has 156 valence electrons. The van der Waals surface area contributed by atoms with Crippen molar-refractivity contribution in [3.8, 4) is 5.75 Å². The van der Waals surface area contributed by atoms with Gasteiger partial charge in [-0.25, -0.2) is 9.98 Å². The molecule has 2 aromatic rings. The van der Waals surface area contributed by atoms with E-state index < -0.39 is 0 Å². The van der Waals surface area contributed by atoms with Crippen molar-refractivity contribution in [3.05, 3.63) is 44.9 Å². The molecule has 0 amide bonds. The summed E-state index contributed by atoms with van der Waals surface area (Å²) in [5.41, 5.74) is 3.31. The molecule has 0 unspecified atom stereocenters. The predicted molar refractivity (Wildman–Crippen MR) is 127 cm³/mol. The normalized spacial score (nSPS) is 11.1. The number of benzene rings is 1. The highest BCUT2D eigenvalue weighted by Gasteiger charge is 2.07. The molecular formula is C20H31IN4O2S. The molecule has 0 bridgehead atoms. The Hall–Kier alpha value is -1.39. The largest absolute Gasteiger partial charge is 0.491 e. The predicted octanol–water partition coefficient (Wildman–Crippen LogP) is 3.97. The first-order valence-corrected chi connectivity index (χ1v) is 10.0. The Balaban J connectivity index is 0.00000392. The number of hydrogen-bond donors (Lipinski definition) is 2. The maximum Gasteiger partial charge on any atom is 0.191 e. The Morgan fingerprint density at radius 3 is 2.61 bits per heavy atom. The van der Waals surface area contributed by atoms with E-state index in [1.54, 1.807) is 18.4 Å². The van der Waals surface area contributed by atoms with Gasteiger partial charge >= 0.3 is 0 Å². The van der Waals surface area contributed by atoms with E-state index >= 15 is 0 Å². The minimum atomic E-state index is 0. The summed E-state index contributed by atoms with van der Waals surface area (Å²) in [4.78, 5) is 10.5. The second-order valence-electron chi connectivity index (χ2n) is 6.25. The lowest BCUT2D eigenvalue weighted by molar-refractivity contribution is 0.145. The van der Waals surface area contributed by atoms with Crippen LogP contribution in [0.2, 0.25) is 0 Å². The maximum atomic E-state index is 5.85. The van der Waals surface area contributed by atoms with Crippen molar-refractivity contribution >= 4 is 41.3 Å². The molecule has 2 rings (SSSR count). The molecule has 0 radical (unpaired) electrons. The molecule has 28 heavy (non-hydrogen) atoms. The molecule has 0 aliphatic heterocycles. The molecule has 6 nitrogen and oxygen atoms in total. The number of methoxy groups -OCH3 is 1. The van der Waals surface area contributed by atoms with E-state index in [-0.39, 0.29) is 24.0 Å². The van der Waals surface area contributed by atoms with Crippen molar-refractivity contribution in [3.63, 3.8) is 0 Å². The van der Waals surface area contributed by atoms with Gasteiger partial charge in [0.2, 0.25) is 0 Å². The minimum Gasteiger partial charge on any atom is -0.491 e. The molecule has 1 aromatic heterocycles. The Labute approximate surface area is 189 Å². The standard InChI is InChI=1S/C20H30N4O2S.HI/c1-6-21-20(23-13-19-24-15(3)16(4)27-19)22-12-17-8-7-14(2)11-18(17)26-10-9-25-5;/h7-8,11H,6,9-10,12-13H2,1-5H3,(H2,21,22,23);1H. The fraction of sp³-hybridized carbons (Fsp3) is 0.500.